The first-order valence-electron chi connectivity index (χ1n) is 3.97. The van der Waals surface area contributed by atoms with Crippen LogP contribution in [0.4, 0.5) is 0 Å². The monoisotopic (exact) mass is 191 g/mol. The molecule has 0 aromatic rings. The lowest BCUT2D eigenvalue weighted by molar-refractivity contribution is -0.141. The van der Waals surface area contributed by atoms with E-state index in [1.807, 2.05) is 0 Å². The van der Waals surface area contributed by atoms with E-state index in [1.165, 1.54) is 0 Å². The van der Waals surface area contributed by atoms with E-state index in [0.717, 1.165) is 0 Å². The highest BCUT2D eigenvalue weighted by atomic mass is 31.0. The van der Waals surface area contributed by atoms with Crippen molar-refractivity contribution in [2.24, 2.45) is 0 Å². The third-order valence-corrected chi connectivity index (χ3v) is 2.28. The third kappa shape index (κ3) is 2.41. The van der Waals surface area contributed by atoms with E-state index in [0.29, 0.717) is 26.3 Å². The second-order valence-corrected chi connectivity index (χ2v) is 2.99. The third-order valence-electron chi connectivity index (χ3n) is 1.87. The molecule has 0 bridgehead atoms. The average Bonchev–Trinajstić information content (AvgIpc) is 2.17. The fourth-order valence-electron chi connectivity index (χ4n) is 1.10. The first-order valence-corrected chi connectivity index (χ1v) is 4.45. The van der Waals surface area contributed by atoms with Gasteiger partial charge in [-0.05, 0) is 6.92 Å². The predicted octanol–water partition coefficient (Wildman–Crippen LogP) is 0.0404. The van der Waals surface area contributed by atoms with Crippen LogP contribution in [0.25, 0.3) is 0 Å². The molecule has 5 heteroatoms. The zero-order valence-electron chi connectivity index (χ0n) is 7.16. The van der Waals surface area contributed by atoms with Gasteiger partial charge in [-0.25, -0.2) is 0 Å². The van der Waals surface area contributed by atoms with Crippen LogP contribution >= 0.6 is 9.47 Å². The molecule has 1 aliphatic heterocycles. The molecule has 0 aliphatic carbocycles. The Kier molecular flexibility index (Phi) is 3.92. The van der Waals surface area contributed by atoms with Crippen molar-refractivity contribution in [1.29, 1.82) is 0 Å². The van der Waals surface area contributed by atoms with Gasteiger partial charge >= 0.3 is 0 Å². The van der Waals surface area contributed by atoms with Gasteiger partial charge in [0.05, 0.1) is 13.2 Å². The Labute approximate surface area is 74.5 Å². The number of amides is 1. The Balaban J connectivity index is 2.39. The summed E-state index contributed by atoms with van der Waals surface area (Å²) >= 11 is 0. The van der Waals surface area contributed by atoms with Crippen LogP contribution in [0.2, 0.25) is 0 Å². The number of rotatable bonds is 2. The van der Waals surface area contributed by atoms with Gasteiger partial charge in [0.25, 0.3) is 5.91 Å². The van der Waals surface area contributed by atoms with E-state index in [2.05, 4.69) is 9.47 Å². The molecule has 0 N–H and O–H groups in total. The summed E-state index contributed by atoms with van der Waals surface area (Å²) in [6, 6.07) is 0. The van der Waals surface area contributed by atoms with Gasteiger partial charge in [-0.2, -0.15) is 0 Å². The summed E-state index contributed by atoms with van der Waals surface area (Å²) in [5.74, 6) is 0.0355. The largest absolute Gasteiger partial charge is 0.378 e. The molecule has 1 fully saturated rings. The summed E-state index contributed by atoms with van der Waals surface area (Å²) in [5.41, 5.74) is 0. The lowest BCUT2D eigenvalue weighted by atomic mass is 10.3. The molecule has 0 aromatic heterocycles. The summed E-state index contributed by atoms with van der Waals surface area (Å²) < 4.78 is 9.97. The van der Waals surface area contributed by atoms with Crippen LogP contribution in [0.15, 0.2) is 0 Å². The van der Waals surface area contributed by atoms with E-state index in [9.17, 15) is 4.79 Å². The van der Waals surface area contributed by atoms with Gasteiger partial charge in [-0.15, -0.1) is 0 Å². The first-order chi connectivity index (χ1) is 5.75. The molecule has 1 aliphatic rings. The molecule has 0 saturated carbocycles. The van der Waals surface area contributed by atoms with Crippen molar-refractivity contribution in [2.45, 2.75) is 13.0 Å². The number of carbonyl (C=O) groups excluding carboxylic acids is 1. The van der Waals surface area contributed by atoms with Crippen LogP contribution < -0.4 is 0 Å². The number of nitrogens with zero attached hydrogens (tertiary/aromatic N) is 1. The van der Waals surface area contributed by atoms with Gasteiger partial charge in [-0.1, -0.05) is 0 Å². The molecule has 0 radical (unpaired) electrons. The maximum absolute atomic E-state index is 11.5. The molecule has 4 nitrogen and oxygen atoms in total. The second-order valence-electron chi connectivity index (χ2n) is 2.72. The van der Waals surface area contributed by atoms with Crippen molar-refractivity contribution in [1.82, 2.24) is 4.90 Å². The van der Waals surface area contributed by atoms with Crippen LogP contribution in [0, 0.1) is 0 Å². The number of hydrogen-bond acceptors (Lipinski definition) is 3. The molecule has 1 rings (SSSR count). The molecule has 12 heavy (non-hydrogen) atoms. The first kappa shape index (κ1) is 9.90. The Morgan fingerprint density at radius 3 is 2.67 bits per heavy atom. The average molecular weight is 191 g/mol. The molecule has 1 saturated heterocycles. The van der Waals surface area contributed by atoms with Crippen molar-refractivity contribution in [3.8, 4) is 0 Å². The van der Waals surface area contributed by atoms with E-state index >= 15 is 0 Å². The number of ether oxygens (including phenoxy) is 1. The maximum atomic E-state index is 11.5. The minimum atomic E-state index is -0.368. The molecule has 0 spiro atoms. The van der Waals surface area contributed by atoms with Crippen LogP contribution in [-0.2, 0) is 14.1 Å². The summed E-state index contributed by atoms with van der Waals surface area (Å²) in [4.78, 5) is 13.2. The SMILES string of the molecule is C[C@@H](OP)C(=O)N1CCOCC1. The molecule has 0 aromatic carbocycles. The van der Waals surface area contributed by atoms with Gasteiger partial charge in [0.2, 0.25) is 0 Å². The lowest BCUT2D eigenvalue weighted by Gasteiger charge is -2.28. The second kappa shape index (κ2) is 4.75. The highest BCUT2D eigenvalue weighted by molar-refractivity contribution is 7.09. The molecular weight excluding hydrogens is 177 g/mol. The Hall–Kier alpha value is -0.180. The quantitative estimate of drug-likeness (QED) is 0.578. The summed E-state index contributed by atoms with van der Waals surface area (Å²) in [6.07, 6.45) is -0.368. The van der Waals surface area contributed by atoms with E-state index in [-0.39, 0.29) is 12.0 Å². The molecular formula is C7H14NO3P. The minimum absolute atomic E-state index is 0.0355. The lowest BCUT2D eigenvalue weighted by Crippen LogP contribution is -2.44. The molecule has 1 heterocycles. The zero-order valence-corrected chi connectivity index (χ0v) is 8.31. The van der Waals surface area contributed by atoms with Gasteiger partial charge < -0.3 is 14.2 Å². The number of carbonyl (C=O) groups is 1. The van der Waals surface area contributed by atoms with Crippen molar-refractivity contribution in [3.63, 3.8) is 0 Å². The predicted molar refractivity (Wildman–Crippen MR) is 47.7 cm³/mol. The molecule has 1 amide bonds. The van der Waals surface area contributed by atoms with Gasteiger partial charge in [-0.3, -0.25) is 4.79 Å². The fourth-order valence-corrected chi connectivity index (χ4v) is 1.22. The number of hydrogen-bond donors (Lipinski definition) is 0. The smallest absolute Gasteiger partial charge is 0.251 e. The van der Waals surface area contributed by atoms with Crippen LogP contribution in [0.3, 0.4) is 0 Å². The topological polar surface area (TPSA) is 38.8 Å². The molecule has 70 valence electrons. The van der Waals surface area contributed by atoms with Crippen LogP contribution in [-0.4, -0.2) is 43.2 Å². The van der Waals surface area contributed by atoms with E-state index in [4.69, 9.17) is 9.26 Å². The van der Waals surface area contributed by atoms with Crippen LogP contribution in [0.5, 0.6) is 0 Å². The fraction of sp³-hybridized carbons (Fsp3) is 0.857. The highest BCUT2D eigenvalue weighted by Gasteiger charge is 2.21. The van der Waals surface area contributed by atoms with Crippen molar-refractivity contribution >= 4 is 15.4 Å². The zero-order chi connectivity index (χ0) is 8.97. The summed E-state index contributed by atoms with van der Waals surface area (Å²) in [6.45, 7) is 4.36. The van der Waals surface area contributed by atoms with Gasteiger partial charge in [0.15, 0.2) is 0 Å². The highest BCUT2D eigenvalue weighted by Crippen LogP contribution is 2.05. The minimum Gasteiger partial charge on any atom is -0.378 e. The maximum Gasteiger partial charge on any atom is 0.251 e. The van der Waals surface area contributed by atoms with Crippen LogP contribution in [0.1, 0.15) is 6.92 Å². The summed E-state index contributed by atoms with van der Waals surface area (Å²) in [5, 5.41) is 0. The molecule has 2 atom stereocenters. The Morgan fingerprint density at radius 1 is 1.58 bits per heavy atom. The van der Waals surface area contributed by atoms with Gasteiger partial charge in [0.1, 0.15) is 6.10 Å². The summed E-state index contributed by atoms with van der Waals surface area (Å²) in [7, 11) is 2.10. The van der Waals surface area contributed by atoms with Crippen molar-refractivity contribution in [3.05, 3.63) is 0 Å². The van der Waals surface area contributed by atoms with E-state index in [1.54, 1.807) is 11.8 Å². The number of morpholine rings is 1. The molecule has 1 unspecified atom stereocenters. The normalized spacial score (nSPS) is 20.7. The Morgan fingerprint density at radius 2 is 2.17 bits per heavy atom. The van der Waals surface area contributed by atoms with Crippen molar-refractivity contribution < 1.29 is 14.1 Å². The van der Waals surface area contributed by atoms with E-state index < -0.39 is 0 Å². The van der Waals surface area contributed by atoms with Crippen molar-refractivity contribution in [2.75, 3.05) is 26.3 Å². The standard InChI is InChI=1S/C7H14NO3P/c1-6(11-12)7(9)8-2-4-10-5-3-8/h6H,2-5,12H2,1H3/t6-/m1/s1. The van der Waals surface area contributed by atoms with Gasteiger partial charge in [0, 0.05) is 22.6 Å². The Bertz CT molecular complexity index is 159.